The van der Waals surface area contributed by atoms with Crippen molar-refractivity contribution in [2.75, 3.05) is 20.8 Å². The summed E-state index contributed by atoms with van der Waals surface area (Å²) in [7, 11) is 2.89. The molecule has 0 spiro atoms. The Morgan fingerprint density at radius 3 is 2.48 bits per heavy atom. The predicted octanol–water partition coefficient (Wildman–Crippen LogP) is 3.59. The van der Waals surface area contributed by atoms with Crippen molar-refractivity contribution in [3.8, 4) is 11.5 Å². The monoisotopic (exact) mass is 371 g/mol. The minimum Gasteiger partial charge on any atom is -0.493 e. The highest BCUT2D eigenvalue weighted by atomic mass is 16.5. The van der Waals surface area contributed by atoms with Gasteiger partial charge >= 0.3 is 5.97 Å². The van der Waals surface area contributed by atoms with Crippen LogP contribution in [0.25, 0.3) is 0 Å². The molecular formula is C21H25NO5. The van der Waals surface area contributed by atoms with E-state index in [2.05, 4.69) is 17.0 Å². The van der Waals surface area contributed by atoms with Gasteiger partial charge in [-0.2, -0.15) is 0 Å². The molecule has 2 aromatic carbocycles. The molecule has 0 aliphatic rings. The molecule has 0 aromatic heterocycles. The lowest BCUT2D eigenvalue weighted by Gasteiger charge is -2.12. The van der Waals surface area contributed by atoms with Crippen LogP contribution in [0.2, 0.25) is 0 Å². The molecule has 0 bridgehead atoms. The van der Waals surface area contributed by atoms with Crippen molar-refractivity contribution in [3.05, 3.63) is 59.2 Å². The lowest BCUT2D eigenvalue weighted by Crippen LogP contribution is -2.23. The van der Waals surface area contributed by atoms with Gasteiger partial charge in [-0.25, -0.2) is 4.79 Å². The van der Waals surface area contributed by atoms with Gasteiger partial charge in [0.25, 0.3) is 5.91 Å². The molecule has 1 amide bonds. The molecule has 0 heterocycles. The number of ether oxygens (including phenoxy) is 3. The van der Waals surface area contributed by atoms with Gasteiger partial charge < -0.3 is 19.5 Å². The molecule has 2 aromatic rings. The van der Waals surface area contributed by atoms with E-state index >= 15 is 0 Å². The molecule has 0 unspecified atom stereocenters. The van der Waals surface area contributed by atoms with Crippen LogP contribution < -0.4 is 14.8 Å². The zero-order chi connectivity index (χ0) is 19.6. The fraction of sp³-hybridized carbons (Fsp3) is 0.333. The highest BCUT2D eigenvalue weighted by Gasteiger charge is 2.11. The highest BCUT2D eigenvalue weighted by Crippen LogP contribution is 2.28. The number of esters is 1. The van der Waals surface area contributed by atoms with Crippen molar-refractivity contribution in [1.82, 2.24) is 5.32 Å². The molecule has 0 aliphatic carbocycles. The number of carbonyl (C=O) groups is 2. The molecule has 27 heavy (non-hydrogen) atoms. The van der Waals surface area contributed by atoms with Gasteiger partial charge in [-0.15, -0.1) is 0 Å². The Morgan fingerprint density at radius 2 is 1.78 bits per heavy atom. The first kappa shape index (κ1) is 20.3. The molecule has 0 saturated heterocycles. The maximum absolute atomic E-state index is 12.4. The third kappa shape index (κ3) is 5.74. The molecule has 0 atom stereocenters. The lowest BCUT2D eigenvalue weighted by molar-refractivity contribution is 0.0600. The Hall–Kier alpha value is -3.02. The largest absolute Gasteiger partial charge is 0.493 e. The molecule has 2 rings (SSSR count). The summed E-state index contributed by atoms with van der Waals surface area (Å²) in [6.07, 6.45) is 2.04. The topological polar surface area (TPSA) is 73.9 Å². The number of nitrogens with one attached hydrogen (secondary N) is 1. The lowest BCUT2D eigenvalue weighted by atomic mass is 10.1. The molecule has 144 valence electrons. The second-order valence-electron chi connectivity index (χ2n) is 5.94. The van der Waals surface area contributed by atoms with E-state index in [4.69, 9.17) is 9.47 Å². The summed E-state index contributed by atoms with van der Waals surface area (Å²) in [4.78, 5) is 23.9. The molecule has 6 nitrogen and oxygen atoms in total. The first-order chi connectivity index (χ1) is 13.1. The number of hydrogen-bond donors (Lipinski definition) is 1. The normalized spacial score (nSPS) is 10.2. The summed E-state index contributed by atoms with van der Waals surface area (Å²) >= 11 is 0. The van der Waals surface area contributed by atoms with Gasteiger partial charge in [0.15, 0.2) is 11.5 Å². The Bertz CT molecular complexity index is 788. The van der Waals surface area contributed by atoms with Gasteiger partial charge in [-0.1, -0.05) is 25.5 Å². The first-order valence-corrected chi connectivity index (χ1v) is 8.85. The van der Waals surface area contributed by atoms with E-state index in [0.717, 1.165) is 18.4 Å². The molecule has 0 saturated carbocycles. The number of amides is 1. The van der Waals surface area contributed by atoms with Crippen molar-refractivity contribution in [2.45, 2.75) is 26.3 Å². The van der Waals surface area contributed by atoms with E-state index in [-0.39, 0.29) is 5.91 Å². The number of carbonyl (C=O) groups excluding carboxylic acids is 2. The Kier molecular flexibility index (Phi) is 7.67. The zero-order valence-electron chi connectivity index (χ0n) is 15.9. The molecule has 0 fully saturated rings. The summed E-state index contributed by atoms with van der Waals surface area (Å²) in [5.74, 6) is 0.563. The maximum Gasteiger partial charge on any atom is 0.337 e. The summed E-state index contributed by atoms with van der Waals surface area (Å²) in [5.41, 5.74) is 1.61. The van der Waals surface area contributed by atoms with Crippen molar-refractivity contribution < 1.29 is 23.8 Å². The minimum atomic E-state index is -0.479. The van der Waals surface area contributed by atoms with E-state index in [1.54, 1.807) is 25.3 Å². The number of methoxy groups -OCH3 is 2. The van der Waals surface area contributed by atoms with E-state index in [9.17, 15) is 9.59 Å². The third-order valence-corrected chi connectivity index (χ3v) is 3.98. The molecular weight excluding hydrogens is 346 g/mol. The van der Waals surface area contributed by atoms with Gasteiger partial charge in [0.2, 0.25) is 0 Å². The summed E-state index contributed by atoms with van der Waals surface area (Å²) in [5, 5.41) is 2.84. The molecule has 0 aliphatic heterocycles. The fourth-order valence-corrected chi connectivity index (χ4v) is 2.46. The Morgan fingerprint density at radius 1 is 1.00 bits per heavy atom. The second-order valence-corrected chi connectivity index (χ2v) is 5.94. The van der Waals surface area contributed by atoms with Crippen LogP contribution >= 0.6 is 0 Å². The van der Waals surface area contributed by atoms with E-state index in [1.165, 1.54) is 13.2 Å². The van der Waals surface area contributed by atoms with Crippen molar-refractivity contribution >= 4 is 11.9 Å². The average molecular weight is 371 g/mol. The van der Waals surface area contributed by atoms with Crippen LogP contribution in [0.5, 0.6) is 11.5 Å². The minimum absolute atomic E-state index is 0.275. The standard InChI is InChI=1S/C21H25NO5/c1-4-5-11-27-18-10-9-15(12-19(18)25-2)14-22-20(23)16-7-6-8-17(13-16)21(24)26-3/h6-10,12-13H,4-5,11,14H2,1-3H3,(H,22,23). The molecule has 6 heteroatoms. The van der Waals surface area contributed by atoms with Gasteiger partial charge in [0.05, 0.1) is 26.4 Å². The highest BCUT2D eigenvalue weighted by molar-refractivity contribution is 5.97. The first-order valence-electron chi connectivity index (χ1n) is 8.85. The van der Waals surface area contributed by atoms with E-state index in [1.807, 2.05) is 18.2 Å². The zero-order valence-corrected chi connectivity index (χ0v) is 15.9. The fourth-order valence-electron chi connectivity index (χ4n) is 2.46. The number of hydrogen-bond acceptors (Lipinski definition) is 5. The summed E-state index contributed by atoms with van der Waals surface area (Å²) < 4.78 is 15.8. The van der Waals surface area contributed by atoms with Crippen LogP contribution in [-0.2, 0) is 11.3 Å². The Labute approximate surface area is 159 Å². The van der Waals surface area contributed by atoms with Gasteiger partial charge in [0.1, 0.15) is 0 Å². The van der Waals surface area contributed by atoms with Gasteiger partial charge in [-0.05, 0) is 42.3 Å². The number of rotatable bonds is 9. The van der Waals surface area contributed by atoms with Crippen LogP contribution in [0.1, 0.15) is 46.0 Å². The van der Waals surface area contributed by atoms with Crippen molar-refractivity contribution in [2.24, 2.45) is 0 Å². The van der Waals surface area contributed by atoms with E-state index < -0.39 is 5.97 Å². The van der Waals surface area contributed by atoms with Crippen LogP contribution in [0.4, 0.5) is 0 Å². The number of unbranched alkanes of at least 4 members (excludes halogenated alkanes) is 1. The third-order valence-electron chi connectivity index (χ3n) is 3.98. The molecule has 0 radical (unpaired) electrons. The predicted molar refractivity (Wildman–Crippen MR) is 102 cm³/mol. The summed E-state index contributed by atoms with van der Waals surface area (Å²) in [6, 6.07) is 12.0. The van der Waals surface area contributed by atoms with Crippen molar-refractivity contribution in [3.63, 3.8) is 0 Å². The smallest absolute Gasteiger partial charge is 0.337 e. The SMILES string of the molecule is CCCCOc1ccc(CNC(=O)c2cccc(C(=O)OC)c2)cc1OC. The van der Waals surface area contributed by atoms with Crippen LogP contribution in [0, 0.1) is 0 Å². The number of benzene rings is 2. The maximum atomic E-state index is 12.4. The van der Waals surface area contributed by atoms with Crippen LogP contribution in [0.15, 0.2) is 42.5 Å². The summed E-state index contributed by atoms with van der Waals surface area (Å²) in [6.45, 7) is 3.07. The Balaban J connectivity index is 2.01. The average Bonchev–Trinajstić information content (AvgIpc) is 2.72. The van der Waals surface area contributed by atoms with Crippen LogP contribution in [0.3, 0.4) is 0 Å². The van der Waals surface area contributed by atoms with Crippen molar-refractivity contribution in [1.29, 1.82) is 0 Å². The van der Waals surface area contributed by atoms with Gasteiger partial charge in [-0.3, -0.25) is 4.79 Å². The van der Waals surface area contributed by atoms with Gasteiger partial charge in [0, 0.05) is 12.1 Å². The van der Waals surface area contributed by atoms with Crippen LogP contribution in [-0.4, -0.2) is 32.7 Å². The van der Waals surface area contributed by atoms with E-state index in [0.29, 0.717) is 35.8 Å². The quantitative estimate of drug-likeness (QED) is 0.539. The molecule has 1 N–H and O–H groups in total. The second kappa shape index (κ2) is 10.2.